The fraction of sp³-hybridized carbons (Fsp3) is 0.579. The molecule has 1 aliphatic heterocycles. The van der Waals surface area contributed by atoms with Crippen molar-refractivity contribution in [3.8, 4) is 11.5 Å². The van der Waals surface area contributed by atoms with Crippen molar-refractivity contribution in [2.45, 2.75) is 32.2 Å². The molecule has 142 valence electrons. The summed E-state index contributed by atoms with van der Waals surface area (Å²) in [6, 6.07) is 2.93. The van der Waals surface area contributed by atoms with Gasteiger partial charge < -0.3 is 19.7 Å². The number of carbonyl (C=O) groups is 2. The fourth-order valence-corrected chi connectivity index (χ4v) is 4.07. The highest BCUT2D eigenvalue weighted by Crippen LogP contribution is 2.40. The predicted octanol–water partition coefficient (Wildman–Crippen LogP) is 2.22. The van der Waals surface area contributed by atoms with Crippen LogP contribution in [-0.4, -0.2) is 50.1 Å². The van der Waals surface area contributed by atoms with Gasteiger partial charge in [-0.05, 0) is 43.2 Å². The summed E-state index contributed by atoms with van der Waals surface area (Å²) in [5.41, 5.74) is -0.0720. The normalized spacial score (nSPS) is 24.8. The third-order valence-corrected chi connectivity index (χ3v) is 5.47. The Morgan fingerprint density at radius 1 is 1.19 bits per heavy atom. The van der Waals surface area contributed by atoms with Crippen LogP contribution >= 0.6 is 0 Å². The van der Waals surface area contributed by atoms with Gasteiger partial charge in [0.15, 0.2) is 11.5 Å². The highest BCUT2D eigenvalue weighted by molar-refractivity contribution is 5.98. The smallest absolute Gasteiger partial charge is 0.260 e. The average Bonchev–Trinajstić information content (AvgIpc) is 3.06. The van der Waals surface area contributed by atoms with Gasteiger partial charge in [-0.3, -0.25) is 9.59 Å². The maximum absolute atomic E-state index is 14.3. The average molecular weight is 364 g/mol. The molecule has 1 aromatic rings. The van der Waals surface area contributed by atoms with E-state index in [1.807, 2.05) is 0 Å². The van der Waals surface area contributed by atoms with Crippen molar-refractivity contribution >= 4 is 11.8 Å². The topological polar surface area (TPSA) is 67.9 Å². The second kappa shape index (κ2) is 7.51. The number of amides is 2. The summed E-state index contributed by atoms with van der Waals surface area (Å²) in [6.07, 6.45) is 2.79. The van der Waals surface area contributed by atoms with E-state index in [-0.39, 0.29) is 29.2 Å². The quantitative estimate of drug-likeness (QED) is 0.870. The van der Waals surface area contributed by atoms with Crippen molar-refractivity contribution in [3.05, 3.63) is 23.5 Å². The molecule has 7 heteroatoms. The van der Waals surface area contributed by atoms with Crippen LogP contribution in [0.1, 0.15) is 36.5 Å². The molecular weight excluding hydrogens is 339 g/mol. The lowest BCUT2D eigenvalue weighted by Gasteiger charge is -2.39. The van der Waals surface area contributed by atoms with Gasteiger partial charge in [0, 0.05) is 26.1 Å². The third kappa shape index (κ3) is 3.48. The van der Waals surface area contributed by atoms with Crippen LogP contribution in [0, 0.1) is 17.7 Å². The number of methoxy groups -OCH3 is 2. The maximum Gasteiger partial charge on any atom is 0.260 e. The Kier molecular flexibility index (Phi) is 5.34. The molecule has 3 rings (SSSR count). The zero-order chi connectivity index (χ0) is 18.8. The second-order valence-electron chi connectivity index (χ2n) is 7.09. The number of halogens is 1. The molecule has 0 radical (unpaired) electrons. The first-order valence-corrected chi connectivity index (χ1v) is 8.91. The standard InChI is InChI=1S/C19H25FN2O4/c1-11(23)21-14-8-13(9-14)12-6-7-22(10-12)19(24)17-15(20)4-5-16(25-2)18(17)26-3/h4-5,12-14H,6-10H2,1-3H3,(H,21,23). The third-order valence-electron chi connectivity index (χ3n) is 5.47. The Labute approximate surface area is 152 Å². The molecule has 2 fully saturated rings. The molecule has 1 saturated heterocycles. The summed E-state index contributed by atoms with van der Waals surface area (Å²) >= 11 is 0. The summed E-state index contributed by atoms with van der Waals surface area (Å²) in [7, 11) is 2.86. The molecule has 2 aliphatic rings. The molecule has 1 atom stereocenters. The Balaban J connectivity index is 1.67. The number of rotatable bonds is 5. The van der Waals surface area contributed by atoms with Gasteiger partial charge >= 0.3 is 0 Å². The highest BCUT2D eigenvalue weighted by atomic mass is 19.1. The molecule has 26 heavy (non-hydrogen) atoms. The number of nitrogens with zero attached hydrogens (tertiary/aromatic N) is 1. The van der Waals surface area contributed by atoms with Gasteiger partial charge in [0.2, 0.25) is 5.91 Å². The zero-order valence-electron chi connectivity index (χ0n) is 15.4. The van der Waals surface area contributed by atoms with Gasteiger partial charge in [-0.2, -0.15) is 0 Å². The molecule has 0 spiro atoms. The number of hydrogen-bond donors (Lipinski definition) is 1. The summed E-state index contributed by atoms with van der Waals surface area (Å²) in [4.78, 5) is 25.7. The van der Waals surface area contributed by atoms with Gasteiger partial charge in [0.1, 0.15) is 11.4 Å². The fourth-order valence-electron chi connectivity index (χ4n) is 4.07. The van der Waals surface area contributed by atoms with E-state index in [0.717, 1.165) is 19.3 Å². The zero-order valence-corrected chi connectivity index (χ0v) is 15.4. The number of likely N-dealkylation sites (tertiary alicyclic amines) is 1. The Morgan fingerprint density at radius 2 is 1.92 bits per heavy atom. The Bertz CT molecular complexity index is 703. The molecular formula is C19H25FN2O4. The van der Waals surface area contributed by atoms with Gasteiger partial charge in [-0.1, -0.05) is 0 Å². The number of nitrogens with one attached hydrogen (secondary N) is 1. The molecule has 1 N–H and O–H groups in total. The number of hydrogen-bond acceptors (Lipinski definition) is 4. The van der Waals surface area contributed by atoms with Crippen LogP contribution in [0.4, 0.5) is 4.39 Å². The molecule has 2 amide bonds. The number of ether oxygens (including phenoxy) is 2. The van der Waals surface area contributed by atoms with Crippen LogP contribution in [0.5, 0.6) is 11.5 Å². The second-order valence-corrected chi connectivity index (χ2v) is 7.09. The molecule has 1 unspecified atom stereocenters. The van der Waals surface area contributed by atoms with E-state index >= 15 is 0 Å². The first-order chi connectivity index (χ1) is 12.4. The summed E-state index contributed by atoms with van der Waals surface area (Å²) < 4.78 is 24.8. The minimum Gasteiger partial charge on any atom is -0.493 e. The van der Waals surface area contributed by atoms with Gasteiger partial charge in [0.05, 0.1) is 14.2 Å². The van der Waals surface area contributed by atoms with Crippen LogP contribution in [0.15, 0.2) is 12.1 Å². The van der Waals surface area contributed by atoms with E-state index < -0.39 is 5.82 Å². The van der Waals surface area contributed by atoms with E-state index in [1.54, 1.807) is 4.90 Å². The molecule has 1 saturated carbocycles. The summed E-state index contributed by atoms with van der Waals surface area (Å²) in [5.74, 6) is 0.395. The minimum atomic E-state index is -0.606. The first-order valence-electron chi connectivity index (χ1n) is 8.91. The highest BCUT2D eigenvalue weighted by Gasteiger charge is 2.40. The minimum absolute atomic E-state index is 0.00253. The number of benzene rings is 1. The Hall–Kier alpha value is -2.31. The predicted molar refractivity (Wildman–Crippen MR) is 93.8 cm³/mol. The van der Waals surface area contributed by atoms with Crippen molar-refractivity contribution in [3.63, 3.8) is 0 Å². The lowest BCUT2D eigenvalue weighted by atomic mass is 9.72. The first kappa shape index (κ1) is 18.5. The van der Waals surface area contributed by atoms with Crippen LogP contribution in [0.25, 0.3) is 0 Å². The summed E-state index contributed by atoms with van der Waals surface area (Å²) in [5, 5.41) is 2.93. The monoisotopic (exact) mass is 364 g/mol. The van der Waals surface area contributed by atoms with Crippen LogP contribution < -0.4 is 14.8 Å². The van der Waals surface area contributed by atoms with E-state index in [0.29, 0.717) is 30.7 Å². The molecule has 1 aliphatic carbocycles. The van der Waals surface area contributed by atoms with Crippen LogP contribution in [-0.2, 0) is 4.79 Å². The number of carbonyl (C=O) groups excluding carboxylic acids is 2. The molecule has 1 heterocycles. The molecule has 0 aromatic heterocycles. The van der Waals surface area contributed by atoms with Crippen LogP contribution in [0.2, 0.25) is 0 Å². The van der Waals surface area contributed by atoms with Crippen molar-refractivity contribution in [1.82, 2.24) is 10.2 Å². The van der Waals surface area contributed by atoms with Gasteiger partial charge in [-0.15, -0.1) is 0 Å². The maximum atomic E-state index is 14.3. The van der Waals surface area contributed by atoms with Gasteiger partial charge in [-0.25, -0.2) is 4.39 Å². The SMILES string of the molecule is COc1ccc(F)c(C(=O)N2CCC(C3CC(NC(C)=O)C3)C2)c1OC. The van der Waals surface area contributed by atoms with E-state index in [4.69, 9.17) is 9.47 Å². The summed E-state index contributed by atoms with van der Waals surface area (Å²) in [6.45, 7) is 2.74. The lowest BCUT2D eigenvalue weighted by molar-refractivity contribution is -0.120. The van der Waals surface area contributed by atoms with Crippen molar-refractivity contribution in [1.29, 1.82) is 0 Å². The van der Waals surface area contributed by atoms with E-state index in [1.165, 1.54) is 33.3 Å². The molecule has 6 nitrogen and oxygen atoms in total. The van der Waals surface area contributed by atoms with E-state index in [2.05, 4.69) is 5.32 Å². The molecule has 1 aromatic carbocycles. The van der Waals surface area contributed by atoms with Crippen molar-refractivity contribution in [2.24, 2.45) is 11.8 Å². The van der Waals surface area contributed by atoms with E-state index in [9.17, 15) is 14.0 Å². The van der Waals surface area contributed by atoms with Crippen molar-refractivity contribution in [2.75, 3.05) is 27.3 Å². The van der Waals surface area contributed by atoms with Crippen LogP contribution in [0.3, 0.4) is 0 Å². The largest absolute Gasteiger partial charge is 0.493 e. The van der Waals surface area contributed by atoms with Gasteiger partial charge in [0.25, 0.3) is 5.91 Å². The lowest BCUT2D eigenvalue weighted by Crippen LogP contribution is -2.46. The van der Waals surface area contributed by atoms with Crippen molar-refractivity contribution < 1.29 is 23.5 Å². The Morgan fingerprint density at radius 3 is 2.54 bits per heavy atom. The molecule has 0 bridgehead atoms.